The molecule has 0 fully saturated rings. The molecule has 2 heterocycles. The maximum absolute atomic E-state index is 5.18. The maximum atomic E-state index is 5.18. The molecule has 0 radical (unpaired) electrons. The molecule has 0 unspecified atom stereocenters. The van der Waals surface area contributed by atoms with Crippen molar-refractivity contribution in [2.24, 2.45) is 0 Å². The molecule has 0 N–H and O–H groups in total. The van der Waals surface area contributed by atoms with Crippen LogP contribution in [-0.2, 0) is 0 Å². The molecular formula is C28H28N2S. The van der Waals surface area contributed by atoms with Gasteiger partial charge in [-0.15, -0.1) is 11.3 Å². The van der Waals surface area contributed by atoms with E-state index in [-0.39, 0.29) is 0 Å². The first-order chi connectivity index (χ1) is 15.0. The van der Waals surface area contributed by atoms with E-state index in [1.165, 1.54) is 43.5 Å². The lowest BCUT2D eigenvalue weighted by Gasteiger charge is -2.22. The summed E-state index contributed by atoms with van der Waals surface area (Å²) in [7, 11) is 0. The minimum absolute atomic E-state index is 0.421. The fourth-order valence-electron chi connectivity index (χ4n) is 4.52. The van der Waals surface area contributed by atoms with Crippen molar-refractivity contribution in [2.75, 3.05) is 0 Å². The number of imidazole rings is 1. The molecule has 3 aromatic carbocycles. The summed E-state index contributed by atoms with van der Waals surface area (Å²) in [5, 5.41) is 3.56. The van der Waals surface area contributed by atoms with Crippen LogP contribution in [0.1, 0.15) is 56.2 Å². The van der Waals surface area contributed by atoms with E-state index in [1.54, 1.807) is 11.3 Å². The van der Waals surface area contributed by atoms with Gasteiger partial charge in [0, 0.05) is 21.0 Å². The molecule has 31 heavy (non-hydrogen) atoms. The van der Waals surface area contributed by atoms with Gasteiger partial charge in [-0.1, -0.05) is 69.7 Å². The predicted molar refractivity (Wildman–Crippen MR) is 135 cm³/mol. The van der Waals surface area contributed by atoms with E-state index in [4.69, 9.17) is 4.98 Å². The number of nitrogens with zero attached hydrogens (tertiary/aromatic N) is 2. The monoisotopic (exact) mass is 424 g/mol. The summed E-state index contributed by atoms with van der Waals surface area (Å²) in [4.78, 5) is 5.18. The van der Waals surface area contributed by atoms with E-state index < -0.39 is 0 Å². The molecule has 0 bridgehead atoms. The molecule has 3 heteroatoms. The van der Waals surface area contributed by atoms with Crippen molar-refractivity contribution in [3.8, 4) is 17.1 Å². The van der Waals surface area contributed by atoms with Crippen LogP contribution in [0, 0.1) is 6.92 Å². The Morgan fingerprint density at radius 2 is 1.55 bits per heavy atom. The average molecular weight is 425 g/mol. The second-order valence-electron chi connectivity index (χ2n) is 9.00. The molecule has 0 aliphatic rings. The van der Waals surface area contributed by atoms with Crippen LogP contribution in [-0.4, -0.2) is 9.55 Å². The number of benzene rings is 3. The molecular weight excluding hydrogens is 396 g/mol. The van der Waals surface area contributed by atoms with Crippen molar-refractivity contribution in [2.45, 2.75) is 46.5 Å². The Morgan fingerprint density at radius 1 is 0.839 bits per heavy atom. The van der Waals surface area contributed by atoms with Crippen molar-refractivity contribution >= 4 is 32.5 Å². The lowest BCUT2D eigenvalue weighted by molar-refractivity contribution is 0.811. The van der Waals surface area contributed by atoms with Crippen LogP contribution in [0.4, 0.5) is 0 Å². The van der Waals surface area contributed by atoms with Crippen LogP contribution < -0.4 is 0 Å². The van der Waals surface area contributed by atoms with Crippen molar-refractivity contribution in [3.05, 3.63) is 82.7 Å². The zero-order valence-corrected chi connectivity index (χ0v) is 19.6. The summed E-state index contributed by atoms with van der Waals surface area (Å²) >= 11 is 1.80. The highest BCUT2D eigenvalue weighted by molar-refractivity contribution is 7.17. The van der Waals surface area contributed by atoms with E-state index in [2.05, 4.69) is 105 Å². The SMILES string of the molecule is Cc1ccc2scc(-c3nc4ccccc4n3-c3c(C(C)C)cccc3C(C)C)c2c1. The lowest BCUT2D eigenvalue weighted by atomic mass is 9.92. The van der Waals surface area contributed by atoms with E-state index in [1.807, 2.05) is 0 Å². The minimum atomic E-state index is 0.421. The zero-order valence-electron chi connectivity index (χ0n) is 18.8. The van der Waals surface area contributed by atoms with Crippen LogP contribution in [0.2, 0.25) is 0 Å². The Balaban J connectivity index is 1.93. The van der Waals surface area contributed by atoms with Crippen molar-refractivity contribution in [1.29, 1.82) is 0 Å². The van der Waals surface area contributed by atoms with Crippen molar-refractivity contribution in [3.63, 3.8) is 0 Å². The topological polar surface area (TPSA) is 17.8 Å². The minimum Gasteiger partial charge on any atom is -0.292 e. The molecule has 5 aromatic rings. The van der Waals surface area contributed by atoms with Crippen LogP contribution in [0.3, 0.4) is 0 Å². The summed E-state index contributed by atoms with van der Waals surface area (Å²) in [6.07, 6.45) is 0. The molecule has 0 atom stereocenters. The highest BCUT2D eigenvalue weighted by Crippen LogP contribution is 2.40. The summed E-state index contributed by atoms with van der Waals surface area (Å²) in [6, 6.07) is 22.0. The maximum Gasteiger partial charge on any atom is 0.147 e. The van der Waals surface area contributed by atoms with Gasteiger partial charge in [-0.05, 0) is 54.2 Å². The lowest BCUT2D eigenvalue weighted by Crippen LogP contribution is -2.08. The first-order valence-electron chi connectivity index (χ1n) is 11.0. The normalized spacial score (nSPS) is 12.0. The molecule has 0 aliphatic heterocycles. The Labute approximate surface area is 188 Å². The molecule has 156 valence electrons. The van der Waals surface area contributed by atoms with Gasteiger partial charge in [-0.25, -0.2) is 4.98 Å². The number of aromatic nitrogens is 2. The molecule has 2 aromatic heterocycles. The number of para-hydroxylation sites is 3. The molecule has 0 amide bonds. The molecule has 0 spiro atoms. The fourth-order valence-corrected chi connectivity index (χ4v) is 5.44. The molecule has 0 aliphatic carbocycles. The van der Waals surface area contributed by atoms with Gasteiger partial charge < -0.3 is 0 Å². The van der Waals surface area contributed by atoms with E-state index in [9.17, 15) is 0 Å². The fraction of sp³-hybridized carbons (Fsp3) is 0.250. The van der Waals surface area contributed by atoms with Gasteiger partial charge in [0.1, 0.15) is 5.82 Å². The van der Waals surface area contributed by atoms with Gasteiger partial charge in [0.15, 0.2) is 0 Å². The van der Waals surface area contributed by atoms with Gasteiger partial charge in [0.05, 0.1) is 16.7 Å². The summed E-state index contributed by atoms with van der Waals surface area (Å²) in [5.41, 5.74) is 8.73. The highest BCUT2D eigenvalue weighted by atomic mass is 32.1. The second-order valence-corrected chi connectivity index (χ2v) is 9.91. The first kappa shape index (κ1) is 20.0. The van der Waals surface area contributed by atoms with Gasteiger partial charge >= 0.3 is 0 Å². The number of fused-ring (bicyclic) bond motifs is 2. The van der Waals surface area contributed by atoms with Gasteiger partial charge in [0.2, 0.25) is 0 Å². The number of aryl methyl sites for hydroxylation is 1. The van der Waals surface area contributed by atoms with Gasteiger partial charge in [0.25, 0.3) is 0 Å². The van der Waals surface area contributed by atoms with Crippen molar-refractivity contribution < 1.29 is 0 Å². The van der Waals surface area contributed by atoms with Crippen LogP contribution in [0.5, 0.6) is 0 Å². The summed E-state index contributed by atoms with van der Waals surface area (Å²) in [5.74, 6) is 1.88. The summed E-state index contributed by atoms with van der Waals surface area (Å²) in [6.45, 7) is 11.3. The zero-order chi connectivity index (χ0) is 21.7. The Bertz CT molecular complexity index is 1380. The quantitative estimate of drug-likeness (QED) is 0.283. The molecule has 0 saturated heterocycles. The summed E-state index contributed by atoms with van der Waals surface area (Å²) < 4.78 is 3.73. The van der Waals surface area contributed by atoms with Crippen LogP contribution in [0.15, 0.2) is 66.0 Å². The van der Waals surface area contributed by atoms with Crippen LogP contribution in [0.25, 0.3) is 38.2 Å². The number of rotatable bonds is 4. The third-order valence-corrected chi connectivity index (χ3v) is 7.06. The molecule has 2 nitrogen and oxygen atoms in total. The standard InChI is InChI=1S/C28H28N2S/c1-17(2)20-9-8-10-21(18(3)4)27(20)30-25-12-7-6-11-24(25)29-28(30)23-16-31-26-14-13-19(5)15-22(23)26/h6-18H,1-5H3. The van der Waals surface area contributed by atoms with E-state index in [0.29, 0.717) is 11.8 Å². The van der Waals surface area contributed by atoms with Crippen LogP contribution >= 0.6 is 11.3 Å². The number of hydrogen-bond acceptors (Lipinski definition) is 2. The number of hydrogen-bond donors (Lipinski definition) is 0. The molecule has 0 saturated carbocycles. The highest BCUT2D eigenvalue weighted by Gasteiger charge is 2.23. The largest absolute Gasteiger partial charge is 0.292 e. The second kappa shape index (κ2) is 7.65. The Kier molecular flexibility index (Phi) is 4.94. The smallest absolute Gasteiger partial charge is 0.147 e. The average Bonchev–Trinajstić information content (AvgIpc) is 3.33. The van der Waals surface area contributed by atoms with Gasteiger partial charge in [-0.2, -0.15) is 0 Å². The van der Waals surface area contributed by atoms with Crippen molar-refractivity contribution in [1.82, 2.24) is 9.55 Å². The van der Waals surface area contributed by atoms with E-state index >= 15 is 0 Å². The Morgan fingerprint density at radius 3 is 2.26 bits per heavy atom. The predicted octanol–water partition coefficient (Wildman–Crippen LogP) is 8.46. The third kappa shape index (κ3) is 3.28. The third-order valence-electron chi connectivity index (χ3n) is 6.10. The number of thiophene rings is 1. The van der Waals surface area contributed by atoms with E-state index in [0.717, 1.165) is 11.3 Å². The Hall–Kier alpha value is -2.91. The van der Waals surface area contributed by atoms with Gasteiger partial charge in [-0.3, -0.25) is 4.57 Å². The molecule has 5 rings (SSSR count). The first-order valence-corrected chi connectivity index (χ1v) is 11.9.